The number of aromatic nitrogens is 1. The van der Waals surface area contributed by atoms with Crippen LogP contribution < -0.4 is 0 Å². The normalized spacial score (nSPS) is 35.0. The van der Waals surface area contributed by atoms with Gasteiger partial charge >= 0.3 is 5.97 Å². The summed E-state index contributed by atoms with van der Waals surface area (Å²) < 4.78 is 7.50. The minimum absolute atomic E-state index is 0.151. The molecule has 2 saturated carbocycles. The van der Waals surface area contributed by atoms with Crippen LogP contribution in [0, 0.1) is 11.8 Å². The van der Waals surface area contributed by atoms with Crippen LogP contribution in [-0.4, -0.2) is 40.7 Å². The molecule has 4 bridgehead atoms. The lowest BCUT2D eigenvalue weighted by Crippen LogP contribution is -2.58. The van der Waals surface area contributed by atoms with E-state index in [1.807, 2.05) is 0 Å². The number of hydrogen-bond donors (Lipinski definition) is 0. The molecule has 2 saturated heterocycles. The van der Waals surface area contributed by atoms with Gasteiger partial charge in [-0.25, -0.2) is 0 Å². The fourth-order valence-corrected chi connectivity index (χ4v) is 8.10. The Balaban J connectivity index is 1.27. The minimum Gasteiger partial charge on any atom is -0.469 e. The highest BCUT2D eigenvalue weighted by molar-refractivity contribution is 5.88. The van der Waals surface area contributed by atoms with Crippen LogP contribution in [0.1, 0.15) is 82.2 Å². The fraction of sp³-hybridized carbons (Fsp3) is 0.679. The number of carbonyl (C=O) groups is 1. The molecular weight excluding hydrogens is 396 g/mol. The molecule has 4 heteroatoms. The molecule has 6 atom stereocenters. The summed E-state index contributed by atoms with van der Waals surface area (Å²) in [4.78, 5) is 15.1. The van der Waals surface area contributed by atoms with E-state index in [1.165, 1.54) is 88.6 Å². The van der Waals surface area contributed by atoms with Crippen molar-refractivity contribution >= 4 is 16.9 Å². The van der Waals surface area contributed by atoms with E-state index in [2.05, 4.69) is 39.9 Å². The van der Waals surface area contributed by atoms with E-state index in [4.69, 9.17) is 4.74 Å². The van der Waals surface area contributed by atoms with Crippen LogP contribution in [0.15, 0.2) is 30.5 Å². The molecule has 1 aromatic carbocycles. The number of para-hydroxylation sites is 1. The van der Waals surface area contributed by atoms with Gasteiger partial charge in [0.25, 0.3) is 0 Å². The van der Waals surface area contributed by atoms with Gasteiger partial charge in [0.2, 0.25) is 0 Å². The molecule has 32 heavy (non-hydrogen) atoms. The number of methoxy groups -OCH3 is 1. The van der Waals surface area contributed by atoms with Crippen LogP contribution in [0.4, 0.5) is 0 Å². The fourth-order valence-electron chi connectivity index (χ4n) is 8.10. The number of ether oxygens (including phenoxy) is 1. The SMILES string of the molecule is COC(=O)Cc1cn([C@H]2C[C@H]3CCC[C@@H](C2)N3[C@H]2C[C@@H]3CCC[C@@H](C3)C2)c2ccccc12. The molecule has 0 radical (unpaired) electrons. The maximum absolute atomic E-state index is 12.0. The largest absolute Gasteiger partial charge is 0.469 e. The first-order valence-corrected chi connectivity index (χ1v) is 13.1. The van der Waals surface area contributed by atoms with Crippen LogP contribution in [0.2, 0.25) is 0 Å². The number of carbonyl (C=O) groups excluding carboxylic acids is 1. The van der Waals surface area contributed by atoms with Crippen LogP contribution >= 0.6 is 0 Å². The Morgan fingerprint density at radius 2 is 1.56 bits per heavy atom. The molecular formula is C28H38N2O2. The summed E-state index contributed by atoms with van der Waals surface area (Å²) in [5.74, 6) is 1.85. The summed E-state index contributed by atoms with van der Waals surface area (Å²) in [7, 11) is 1.48. The van der Waals surface area contributed by atoms with Gasteiger partial charge in [-0.05, 0) is 68.4 Å². The maximum atomic E-state index is 12.0. The Morgan fingerprint density at radius 3 is 2.28 bits per heavy atom. The molecule has 4 aliphatic rings. The van der Waals surface area contributed by atoms with Gasteiger partial charge in [-0.2, -0.15) is 0 Å². The van der Waals surface area contributed by atoms with Crippen molar-refractivity contribution in [1.82, 2.24) is 9.47 Å². The average Bonchev–Trinajstić information content (AvgIpc) is 3.16. The van der Waals surface area contributed by atoms with Crippen molar-refractivity contribution in [3.8, 4) is 0 Å². The molecule has 172 valence electrons. The lowest BCUT2D eigenvalue weighted by molar-refractivity contribution is -0.139. The highest BCUT2D eigenvalue weighted by Gasteiger charge is 2.45. The third-order valence-corrected chi connectivity index (χ3v) is 9.31. The molecule has 2 aliphatic heterocycles. The van der Waals surface area contributed by atoms with E-state index in [0.29, 0.717) is 12.5 Å². The summed E-state index contributed by atoms with van der Waals surface area (Å²) in [6.07, 6.45) is 18.2. The Kier molecular flexibility index (Phi) is 5.53. The number of rotatable bonds is 4. The van der Waals surface area contributed by atoms with Gasteiger partial charge in [-0.3, -0.25) is 9.69 Å². The number of piperidine rings is 2. The summed E-state index contributed by atoms with van der Waals surface area (Å²) in [6, 6.07) is 11.5. The molecule has 6 rings (SSSR count). The van der Waals surface area contributed by atoms with Crippen molar-refractivity contribution in [3.63, 3.8) is 0 Å². The van der Waals surface area contributed by atoms with Crippen LogP contribution in [0.25, 0.3) is 10.9 Å². The van der Waals surface area contributed by atoms with Crippen molar-refractivity contribution in [2.24, 2.45) is 11.8 Å². The van der Waals surface area contributed by atoms with Crippen molar-refractivity contribution in [3.05, 3.63) is 36.0 Å². The van der Waals surface area contributed by atoms with E-state index < -0.39 is 0 Å². The van der Waals surface area contributed by atoms with Gasteiger partial charge in [-0.1, -0.05) is 43.9 Å². The summed E-state index contributed by atoms with van der Waals surface area (Å²) in [5, 5.41) is 1.21. The number of hydrogen-bond acceptors (Lipinski definition) is 3. The van der Waals surface area contributed by atoms with Crippen molar-refractivity contribution in [1.29, 1.82) is 0 Å². The summed E-state index contributed by atoms with van der Waals surface area (Å²) in [5.41, 5.74) is 2.40. The predicted molar refractivity (Wildman–Crippen MR) is 128 cm³/mol. The summed E-state index contributed by atoms with van der Waals surface area (Å²) in [6.45, 7) is 0. The van der Waals surface area contributed by atoms with Gasteiger partial charge < -0.3 is 9.30 Å². The average molecular weight is 435 g/mol. The van der Waals surface area contributed by atoms with Gasteiger partial charge in [0.05, 0.1) is 13.5 Å². The highest BCUT2D eigenvalue weighted by atomic mass is 16.5. The zero-order chi connectivity index (χ0) is 21.7. The lowest BCUT2D eigenvalue weighted by atomic mass is 9.68. The minimum atomic E-state index is -0.151. The van der Waals surface area contributed by atoms with Gasteiger partial charge in [0, 0.05) is 41.3 Å². The second kappa shape index (κ2) is 8.52. The second-order valence-electron chi connectivity index (χ2n) is 11.2. The third-order valence-electron chi connectivity index (χ3n) is 9.31. The van der Waals surface area contributed by atoms with Crippen LogP contribution in [0.3, 0.4) is 0 Å². The van der Waals surface area contributed by atoms with E-state index in [0.717, 1.165) is 35.5 Å². The van der Waals surface area contributed by atoms with E-state index >= 15 is 0 Å². The number of benzene rings is 1. The van der Waals surface area contributed by atoms with Crippen molar-refractivity contribution in [2.45, 2.75) is 101 Å². The van der Waals surface area contributed by atoms with Gasteiger partial charge in [0.15, 0.2) is 0 Å². The second-order valence-corrected chi connectivity index (χ2v) is 11.2. The zero-order valence-electron chi connectivity index (χ0n) is 19.5. The zero-order valence-corrected chi connectivity index (χ0v) is 19.5. The molecule has 0 amide bonds. The monoisotopic (exact) mass is 434 g/mol. The smallest absolute Gasteiger partial charge is 0.310 e. The van der Waals surface area contributed by atoms with E-state index in [-0.39, 0.29) is 5.97 Å². The Hall–Kier alpha value is -1.81. The highest BCUT2D eigenvalue weighted by Crippen LogP contribution is 2.48. The van der Waals surface area contributed by atoms with Crippen LogP contribution in [-0.2, 0) is 16.0 Å². The first kappa shape index (κ1) is 20.8. The first-order chi connectivity index (χ1) is 15.7. The number of fused-ring (bicyclic) bond motifs is 5. The predicted octanol–water partition coefficient (Wildman–Crippen LogP) is 5.88. The van der Waals surface area contributed by atoms with Crippen molar-refractivity contribution < 1.29 is 9.53 Å². The first-order valence-electron chi connectivity index (χ1n) is 13.1. The third kappa shape index (κ3) is 3.69. The van der Waals surface area contributed by atoms with Crippen LogP contribution in [0.5, 0.6) is 0 Å². The maximum Gasteiger partial charge on any atom is 0.310 e. The Morgan fingerprint density at radius 1 is 0.875 bits per heavy atom. The molecule has 0 spiro atoms. The standard InChI is InChI=1S/C28H38N2O2/c1-32-28(31)15-21-18-29(27-11-3-2-10-26(21)27)24-16-22-8-5-9-23(17-24)30(22)25-13-19-6-4-7-20(12-19)14-25/h2-3,10-11,18-20,22-25H,4-9,12-17H2,1H3/t19-,20+,22-,23+,24+,25+. The molecule has 1 aromatic heterocycles. The topological polar surface area (TPSA) is 34.5 Å². The quantitative estimate of drug-likeness (QED) is 0.563. The molecule has 2 aliphatic carbocycles. The lowest BCUT2D eigenvalue weighted by Gasteiger charge is -2.55. The number of esters is 1. The Bertz CT molecular complexity index is 955. The molecule has 4 nitrogen and oxygen atoms in total. The molecule has 2 aromatic rings. The van der Waals surface area contributed by atoms with Gasteiger partial charge in [-0.15, -0.1) is 0 Å². The van der Waals surface area contributed by atoms with E-state index in [9.17, 15) is 4.79 Å². The van der Waals surface area contributed by atoms with E-state index in [1.54, 1.807) is 0 Å². The molecule has 4 fully saturated rings. The van der Waals surface area contributed by atoms with Crippen molar-refractivity contribution in [2.75, 3.05) is 7.11 Å². The number of nitrogens with zero attached hydrogens (tertiary/aromatic N) is 2. The molecule has 3 heterocycles. The molecule has 0 N–H and O–H groups in total. The Labute approximate surface area is 192 Å². The molecule has 0 unspecified atom stereocenters. The van der Waals surface area contributed by atoms with Gasteiger partial charge in [0.1, 0.15) is 0 Å². The summed E-state index contributed by atoms with van der Waals surface area (Å²) >= 11 is 0.